The van der Waals surface area contributed by atoms with Gasteiger partial charge in [0.15, 0.2) is 0 Å². The van der Waals surface area contributed by atoms with Gasteiger partial charge in [-0.05, 0) is 25.5 Å². The summed E-state index contributed by atoms with van der Waals surface area (Å²) in [5.74, 6) is -0.481. The van der Waals surface area contributed by atoms with Crippen LogP contribution < -0.4 is 5.32 Å². The lowest BCUT2D eigenvalue weighted by Crippen LogP contribution is -2.11. The molecule has 1 fully saturated rings. The Kier molecular flexibility index (Phi) is 2.17. The molecule has 16 heavy (non-hydrogen) atoms. The van der Waals surface area contributed by atoms with Crippen LogP contribution in [0, 0.1) is 11.6 Å². The first-order valence-corrected chi connectivity index (χ1v) is 5.36. The Morgan fingerprint density at radius 3 is 2.88 bits per heavy atom. The van der Waals surface area contributed by atoms with Crippen LogP contribution in [0.3, 0.4) is 0 Å². The van der Waals surface area contributed by atoms with E-state index < -0.39 is 11.6 Å². The zero-order valence-electron chi connectivity index (χ0n) is 8.59. The summed E-state index contributed by atoms with van der Waals surface area (Å²) in [6.07, 6.45) is 2.06. The monoisotopic (exact) mass is 223 g/mol. The van der Waals surface area contributed by atoms with Gasteiger partial charge in [0.25, 0.3) is 0 Å². The molecule has 1 unspecified atom stereocenters. The van der Waals surface area contributed by atoms with Crippen LogP contribution in [0.25, 0.3) is 11.0 Å². The number of rotatable bonds is 1. The molecule has 2 nitrogen and oxygen atoms in total. The van der Waals surface area contributed by atoms with Gasteiger partial charge in [-0.2, -0.15) is 0 Å². The van der Waals surface area contributed by atoms with E-state index in [0.717, 1.165) is 25.5 Å². The predicted molar refractivity (Wildman–Crippen MR) is 56.1 cm³/mol. The highest BCUT2D eigenvalue weighted by Crippen LogP contribution is 2.30. The molecule has 4 heteroatoms. The normalized spacial score (nSPS) is 20.8. The van der Waals surface area contributed by atoms with Gasteiger partial charge in [-0.15, -0.1) is 0 Å². The molecule has 2 heterocycles. The molecule has 0 amide bonds. The van der Waals surface area contributed by atoms with Crippen LogP contribution >= 0.6 is 0 Å². The Labute approximate surface area is 91.2 Å². The standard InChI is InChI=1S/C12H11F2NO/c13-7-4-9(14)8-6-12(16-11(8)5-7)10-2-1-3-15-10/h4-6,10,15H,1-3H2. The Hall–Kier alpha value is -1.42. The van der Waals surface area contributed by atoms with Crippen LogP contribution in [-0.4, -0.2) is 6.54 Å². The number of halogens is 2. The van der Waals surface area contributed by atoms with Crippen molar-refractivity contribution in [2.75, 3.05) is 6.54 Å². The zero-order chi connectivity index (χ0) is 11.1. The van der Waals surface area contributed by atoms with Gasteiger partial charge in [0.05, 0.1) is 11.4 Å². The molecule has 3 rings (SSSR count). The van der Waals surface area contributed by atoms with E-state index in [9.17, 15) is 8.78 Å². The van der Waals surface area contributed by atoms with Gasteiger partial charge < -0.3 is 9.73 Å². The Balaban J connectivity index is 2.11. The van der Waals surface area contributed by atoms with E-state index in [0.29, 0.717) is 11.1 Å². The van der Waals surface area contributed by atoms with Gasteiger partial charge in [-0.25, -0.2) is 8.78 Å². The highest BCUT2D eigenvalue weighted by molar-refractivity contribution is 5.78. The van der Waals surface area contributed by atoms with Gasteiger partial charge in [0, 0.05) is 12.1 Å². The molecule has 0 aliphatic carbocycles. The van der Waals surface area contributed by atoms with Crippen LogP contribution in [0.1, 0.15) is 24.6 Å². The molecule has 1 aliphatic heterocycles. The SMILES string of the molecule is Fc1cc(F)c2cc(C3CCCN3)oc2c1. The van der Waals surface area contributed by atoms with Crippen LogP contribution in [0.5, 0.6) is 0 Å². The molecule has 0 bridgehead atoms. The first-order valence-electron chi connectivity index (χ1n) is 5.36. The first kappa shape index (κ1) is 9.78. The van der Waals surface area contributed by atoms with Gasteiger partial charge in [-0.3, -0.25) is 0 Å². The van der Waals surface area contributed by atoms with Gasteiger partial charge >= 0.3 is 0 Å². The molecule has 0 saturated carbocycles. The van der Waals surface area contributed by atoms with Crippen molar-refractivity contribution >= 4 is 11.0 Å². The van der Waals surface area contributed by atoms with Crippen molar-refractivity contribution in [3.63, 3.8) is 0 Å². The van der Waals surface area contributed by atoms with E-state index in [1.54, 1.807) is 6.07 Å². The largest absolute Gasteiger partial charge is 0.459 e. The molecule has 1 atom stereocenters. The summed E-state index contributed by atoms with van der Waals surface area (Å²) < 4.78 is 31.9. The van der Waals surface area contributed by atoms with Crippen molar-refractivity contribution in [1.82, 2.24) is 5.32 Å². The average Bonchev–Trinajstić information content (AvgIpc) is 2.82. The smallest absolute Gasteiger partial charge is 0.140 e. The minimum Gasteiger partial charge on any atom is -0.459 e. The molecule has 1 N–H and O–H groups in total. The second-order valence-corrected chi connectivity index (χ2v) is 4.10. The molecule has 1 aliphatic rings. The summed E-state index contributed by atoms with van der Waals surface area (Å²) in [5.41, 5.74) is 0.279. The maximum Gasteiger partial charge on any atom is 0.140 e. The average molecular weight is 223 g/mol. The highest BCUT2D eigenvalue weighted by Gasteiger charge is 2.21. The minimum absolute atomic E-state index is 0.134. The Morgan fingerprint density at radius 1 is 1.25 bits per heavy atom. The number of nitrogens with one attached hydrogen (secondary N) is 1. The number of hydrogen-bond donors (Lipinski definition) is 1. The predicted octanol–water partition coefficient (Wildman–Crippen LogP) is 3.14. The van der Waals surface area contributed by atoms with Gasteiger partial charge in [0.1, 0.15) is 23.0 Å². The lowest BCUT2D eigenvalue weighted by Gasteiger charge is -2.04. The third kappa shape index (κ3) is 1.50. The summed E-state index contributed by atoms with van der Waals surface area (Å²) in [5, 5.41) is 3.61. The summed E-state index contributed by atoms with van der Waals surface area (Å²) >= 11 is 0. The molecule has 2 aromatic rings. The fourth-order valence-electron chi connectivity index (χ4n) is 2.18. The molecule has 84 valence electrons. The Bertz CT molecular complexity index is 529. The lowest BCUT2D eigenvalue weighted by atomic mass is 10.1. The molecular weight excluding hydrogens is 212 g/mol. The summed E-state index contributed by atoms with van der Waals surface area (Å²) in [4.78, 5) is 0. The van der Waals surface area contributed by atoms with E-state index in [2.05, 4.69) is 5.32 Å². The molecule has 1 aromatic carbocycles. The zero-order valence-corrected chi connectivity index (χ0v) is 8.59. The van der Waals surface area contributed by atoms with E-state index in [1.807, 2.05) is 0 Å². The highest BCUT2D eigenvalue weighted by atomic mass is 19.1. The number of fused-ring (bicyclic) bond motifs is 1. The number of hydrogen-bond acceptors (Lipinski definition) is 2. The maximum atomic E-state index is 13.4. The van der Waals surface area contributed by atoms with Crippen molar-refractivity contribution in [1.29, 1.82) is 0 Å². The number of benzene rings is 1. The van der Waals surface area contributed by atoms with E-state index in [-0.39, 0.29) is 11.6 Å². The maximum absolute atomic E-state index is 13.4. The summed E-state index contributed by atoms with van der Waals surface area (Å²) in [6, 6.07) is 3.89. The topological polar surface area (TPSA) is 25.2 Å². The Morgan fingerprint density at radius 2 is 2.12 bits per heavy atom. The van der Waals surface area contributed by atoms with Crippen LogP contribution in [-0.2, 0) is 0 Å². The minimum atomic E-state index is -0.606. The third-order valence-corrected chi connectivity index (χ3v) is 2.97. The molecule has 0 radical (unpaired) electrons. The third-order valence-electron chi connectivity index (χ3n) is 2.97. The van der Waals surface area contributed by atoms with Crippen molar-refractivity contribution in [3.8, 4) is 0 Å². The molecule has 0 spiro atoms. The van der Waals surface area contributed by atoms with Crippen molar-refractivity contribution in [2.24, 2.45) is 0 Å². The van der Waals surface area contributed by atoms with E-state index in [1.165, 1.54) is 6.07 Å². The number of furan rings is 1. The van der Waals surface area contributed by atoms with E-state index in [4.69, 9.17) is 4.42 Å². The van der Waals surface area contributed by atoms with Crippen molar-refractivity contribution < 1.29 is 13.2 Å². The summed E-state index contributed by atoms with van der Waals surface area (Å²) in [7, 11) is 0. The fourth-order valence-corrected chi connectivity index (χ4v) is 2.18. The molecular formula is C12H11F2NO. The second-order valence-electron chi connectivity index (χ2n) is 4.10. The van der Waals surface area contributed by atoms with E-state index >= 15 is 0 Å². The van der Waals surface area contributed by atoms with Crippen molar-refractivity contribution in [2.45, 2.75) is 18.9 Å². The lowest BCUT2D eigenvalue weighted by molar-refractivity contribution is 0.469. The molecule has 1 saturated heterocycles. The van der Waals surface area contributed by atoms with Crippen LogP contribution in [0.4, 0.5) is 8.78 Å². The summed E-state index contributed by atoms with van der Waals surface area (Å²) in [6.45, 7) is 0.943. The first-order chi connectivity index (χ1) is 7.74. The van der Waals surface area contributed by atoms with Crippen molar-refractivity contribution in [3.05, 3.63) is 35.6 Å². The quantitative estimate of drug-likeness (QED) is 0.803. The molecule has 1 aromatic heterocycles. The fraction of sp³-hybridized carbons (Fsp3) is 0.333. The van der Waals surface area contributed by atoms with Crippen LogP contribution in [0.15, 0.2) is 22.6 Å². The second kappa shape index (κ2) is 3.56. The van der Waals surface area contributed by atoms with Crippen LogP contribution in [0.2, 0.25) is 0 Å². The van der Waals surface area contributed by atoms with Gasteiger partial charge in [-0.1, -0.05) is 0 Å². The van der Waals surface area contributed by atoms with Gasteiger partial charge in [0.2, 0.25) is 0 Å².